The predicted octanol–water partition coefficient (Wildman–Crippen LogP) is 1.27. The Kier molecular flexibility index (Phi) is 2.00. The Balaban J connectivity index is 1.90. The number of piperidine rings is 1. The van der Waals surface area contributed by atoms with Gasteiger partial charge in [-0.25, -0.2) is 0 Å². The average Bonchev–Trinajstić information content (AvgIpc) is 2.60. The van der Waals surface area contributed by atoms with Crippen LogP contribution in [0.2, 0.25) is 0 Å². The van der Waals surface area contributed by atoms with Crippen molar-refractivity contribution in [2.24, 2.45) is 5.41 Å². The molecule has 2 bridgehead atoms. The quantitative estimate of drug-likeness (QED) is 0.524. The summed E-state index contributed by atoms with van der Waals surface area (Å²) in [6, 6.07) is 0. The van der Waals surface area contributed by atoms with Crippen LogP contribution in [-0.4, -0.2) is 36.5 Å². The van der Waals surface area contributed by atoms with Crippen molar-refractivity contribution in [2.75, 3.05) is 26.2 Å². The summed E-state index contributed by atoms with van der Waals surface area (Å²) in [6.45, 7) is 4.15. The Morgan fingerprint density at radius 3 is 2.58 bits per heavy atom. The van der Waals surface area contributed by atoms with Crippen molar-refractivity contribution >= 4 is 17.0 Å². The third-order valence-corrected chi connectivity index (χ3v) is 3.09. The molecule has 2 aliphatic rings. The molecule has 0 amide bonds. The number of halogens is 1. The minimum absolute atomic E-state index is 0.172. The number of fused-ring (bicyclic) bond motifs is 2. The number of hydrogen-bond acceptors (Lipinski definition) is 3. The third kappa shape index (κ3) is 1.43. The van der Waals surface area contributed by atoms with Gasteiger partial charge < -0.3 is 9.64 Å². The predicted molar refractivity (Wildman–Crippen MR) is 47.6 cm³/mol. The van der Waals surface area contributed by atoms with Crippen LogP contribution in [0.15, 0.2) is 0 Å². The van der Waals surface area contributed by atoms with Crippen molar-refractivity contribution in [3.8, 4) is 0 Å². The SMILES string of the molecule is N=C(Cl)OCC12CCN(CC1)C2. The van der Waals surface area contributed by atoms with Gasteiger partial charge in [-0.1, -0.05) is 0 Å². The van der Waals surface area contributed by atoms with Gasteiger partial charge in [0.1, 0.15) is 0 Å². The van der Waals surface area contributed by atoms with E-state index in [1.165, 1.54) is 25.9 Å². The maximum Gasteiger partial charge on any atom is 0.279 e. The van der Waals surface area contributed by atoms with Gasteiger partial charge in [0.25, 0.3) is 5.36 Å². The minimum atomic E-state index is -0.172. The molecule has 2 fully saturated rings. The Morgan fingerprint density at radius 1 is 1.50 bits per heavy atom. The highest BCUT2D eigenvalue weighted by molar-refractivity contribution is 6.61. The maximum atomic E-state index is 6.96. The molecule has 0 saturated carbocycles. The Bertz CT molecular complexity index is 199. The van der Waals surface area contributed by atoms with Crippen LogP contribution in [0, 0.1) is 10.8 Å². The molecule has 2 heterocycles. The molecule has 2 saturated heterocycles. The van der Waals surface area contributed by atoms with E-state index in [1.807, 2.05) is 0 Å². The molecule has 0 aromatic heterocycles. The molecule has 1 N–H and O–H groups in total. The third-order valence-electron chi connectivity index (χ3n) is 2.98. The minimum Gasteiger partial charge on any atom is -0.469 e. The van der Waals surface area contributed by atoms with Gasteiger partial charge in [0.05, 0.1) is 6.61 Å². The van der Waals surface area contributed by atoms with E-state index < -0.39 is 0 Å². The van der Waals surface area contributed by atoms with Gasteiger partial charge in [-0.3, -0.25) is 5.41 Å². The van der Waals surface area contributed by atoms with Gasteiger partial charge in [-0.15, -0.1) is 0 Å². The number of nitrogens with one attached hydrogen (secondary N) is 1. The molecule has 0 atom stereocenters. The molecule has 0 aromatic carbocycles. The van der Waals surface area contributed by atoms with E-state index in [9.17, 15) is 0 Å². The summed E-state index contributed by atoms with van der Waals surface area (Å²) in [7, 11) is 0. The molecule has 2 rings (SSSR count). The number of nitrogens with zero attached hydrogens (tertiary/aromatic N) is 1. The highest BCUT2D eigenvalue weighted by Gasteiger charge is 2.44. The monoisotopic (exact) mass is 188 g/mol. The smallest absolute Gasteiger partial charge is 0.279 e. The fourth-order valence-electron chi connectivity index (χ4n) is 2.22. The van der Waals surface area contributed by atoms with E-state index in [1.54, 1.807) is 0 Å². The molecule has 3 nitrogen and oxygen atoms in total. The van der Waals surface area contributed by atoms with E-state index in [0.717, 1.165) is 6.54 Å². The largest absolute Gasteiger partial charge is 0.469 e. The molecular formula is C8H13ClN2O. The topological polar surface area (TPSA) is 36.3 Å². The van der Waals surface area contributed by atoms with Crippen LogP contribution >= 0.6 is 11.6 Å². The van der Waals surface area contributed by atoms with Crippen LogP contribution in [-0.2, 0) is 4.74 Å². The Morgan fingerprint density at radius 2 is 2.17 bits per heavy atom. The van der Waals surface area contributed by atoms with Crippen molar-refractivity contribution < 1.29 is 4.74 Å². The van der Waals surface area contributed by atoms with Crippen LogP contribution < -0.4 is 0 Å². The maximum absolute atomic E-state index is 6.96. The summed E-state index contributed by atoms with van der Waals surface area (Å²) >= 11 is 5.34. The van der Waals surface area contributed by atoms with Gasteiger partial charge in [-0.2, -0.15) is 0 Å². The fourth-order valence-corrected chi connectivity index (χ4v) is 2.28. The van der Waals surface area contributed by atoms with E-state index in [2.05, 4.69) is 4.90 Å². The lowest BCUT2D eigenvalue weighted by atomic mass is 9.86. The summed E-state index contributed by atoms with van der Waals surface area (Å²) in [5.41, 5.74) is 0.321. The van der Waals surface area contributed by atoms with Crippen LogP contribution in [0.3, 0.4) is 0 Å². The molecule has 2 aliphatic heterocycles. The molecule has 0 spiro atoms. The van der Waals surface area contributed by atoms with Crippen LogP contribution in [0.1, 0.15) is 12.8 Å². The second kappa shape index (κ2) is 2.89. The first-order valence-corrected chi connectivity index (χ1v) is 4.67. The summed E-state index contributed by atoms with van der Waals surface area (Å²) in [4.78, 5) is 2.45. The lowest BCUT2D eigenvalue weighted by Gasteiger charge is -2.23. The van der Waals surface area contributed by atoms with E-state index in [-0.39, 0.29) is 5.36 Å². The first-order valence-electron chi connectivity index (χ1n) is 4.29. The first-order chi connectivity index (χ1) is 5.70. The van der Waals surface area contributed by atoms with E-state index >= 15 is 0 Å². The summed E-state index contributed by atoms with van der Waals surface area (Å²) in [6.07, 6.45) is 2.41. The molecule has 4 heteroatoms. The van der Waals surface area contributed by atoms with Crippen LogP contribution in [0.25, 0.3) is 0 Å². The second-order valence-corrected chi connectivity index (χ2v) is 4.18. The zero-order chi connectivity index (χ0) is 8.60. The molecule has 0 aromatic rings. The molecule has 0 unspecified atom stereocenters. The van der Waals surface area contributed by atoms with Crippen molar-refractivity contribution in [3.05, 3.63) is 0 Å². The van der Waals surface area contributed by atoms with Gasteiger partial charge in [0, 0.05) is 12.0 Å². The molecule has 68 valence electrons. The summed E-state index contributed by atoms with van der Waals surface area (Å²) in [5, 5.41) is 6.79. The van der Waals surface area contributed by atoms with E-state index in [0.29, 0.717) is 12.0 Å². The average molecular weight is 189 g/mol. The Hall–Kier alpha value is -0.280. The standard InChI is InChI=1S/C8H13ClN2O/c9-7(10)12-6-8-1-3-11(5-8)4-2-8/h10H,1-6H2. The zero-order valence-corrected chi connectivity index (χ0v) is 7.73. The van der Waals surface area contributed by atoms with Crippen molar-refractivity contribution in [1.29, 1.82) is 5.41 Å². The summed E-state index contributed by atoms with van der Waals surface area (Å²) in [5.74, 6) is 0. The first kappa shape index (κ1) is 8.32. The van der Waals surface area contributed by atoms with Crippen molar-refractivity contribution in [1.82, 2.24) is 4.90 Å². The lowest BCUT2D eigenvalue weighted by Crippen LogP contribution is -2.26. The van der Waals surface area contributed by atoms with Gasteiger partial charge in [0.15, 0.2) is 0 Å². The van der Waals surface area contributed by atoms with Crippen molar-refractivity contribution in [2.45, 2.75) is 12.8 Å². The molecular weight excluding hydrogens is 176 g/mol. The van der Waals surface area contributed by atoms with Crippen LogP contribution in [0.5, 0.6) is 0 Å². The van der Waals surface area contributed by atoms with Gasteiger partial charge in [0.2, 0.25) is 0 Å². The van der Waals surface area contributed by atoms with E-state index in [4.69, 9.17) is 21.7 Å². The highest BCUT2D eigenvalue weighted by atomic mass is 35.5. The van der Waals surface area contributed by atoms with Crippen molar-refractivity contribution in [3.63, 3.8) is 0 Å². The fraction of sp³-hybridized carbons (Fsp3) is 0.875. The van der Waals surface area contributed by atoms with Crippen LogP contribution in [0.4, 0.5) is 0 Å². The highest BCUT2D eigenvalue weighted by Crippen LogP contribution is 2.40. The molecule has 0 radical (unpaired) electrons. The number of rotatable bonds is 2. The van der Waals surface area contributed by atoms with Gasteiger partial charge >= 0.3 is 0 Å². The summed E-state index contributed by atoms with van der Waals surface area (Å²) < 4.78 is 5.07. The lowest BCUT2D eigenvalue weighted by molar-refractivity contribution is 0.161. The number of ether oxygens (including phenoxy) is 1. The number of hydrogen-bond donors (Lipinski definition) is 1. The zero-order valence-electron chi connectivity index (χ0n) is 6.98. The molecule has 12 heavy (non-hydrogen) atoms. The molecule has 0 aliphatic carbocycles. The normalized spacial score (nSPS) is 38.6. The second-order valence-electron chi connectivity index (χ2n) is 3.84. The Labute approximate surface area is 77.1 Å². The van der Waals surface area contributed by atoms with Gasteiger partial charge in [-0.05, 0) is 37.5 Å².